The monoisotopic (exact) mass is 710 g/mol. The third kappa shape index (κ3) is 4.56. The van der Waals surface area contributed by atoms with E-state index in [0.717, 1.165) is 26.4 Å². The summed E-state index contributed by atoms with van der Waals surface area (Å²) in [6.07, 6.45) is -5.51. The minimum Gasteiger partial charge on any atom is -0.507 e. The Morgan fingerprint density at radius 3 is 2.24 bits per heavy atom. The van der Waals surface area contributed by atoms with Gasteiger partial charge in [0.15, 0.2) is 23.2 Å². The molecule has 1 saturated heterocycles. The fourth-order valence-corrected chi connectivity index (χ4v) is 7.82. The summed E-state index contributed by atoms with van der Waals surface area (Å²) in [6.45, 7) is 3.04. The molecule has 6 rings (SSSR count). The normalized spacial score (nSPS) is 30.6. The van der Waals surface area contributed by atoms with Crippen LogP contribution in [0.15, 0.2) is 29.1 Å². The molecule has 0 radical (unpaired) electrons. The zero-order valence-corrected chi connectivity index (χ0v) is 28.1. The number of allylic oxidation sites excluding steroid dienone is 2. The molecule has 4 aliphatic rings. The van der Waals surface area contributed by atoms with Crippen LogP contribution >= 0.6 is 0 Å². The van der Waals surface area contributed by atoms with Crippen molar-refractivity contribution in [3.05, 3.63) is 68.4 Å². The van der Waals surface area contributed by atoms with E-state index in [-0.39, 0.29) is 16.8 Å². The van der Waals surface area contributed by atoms with Crippen LogP contribution in [0.25, 0.3) is 0 Å². The van der Waals surface area contributed by atoms with Gasteiger partial charge in [-0.15, -0.1) is 0 Å². The number of ketones is 4. The van der Waals surface area contributed by atoms with Crippen LogP contribution in [-0.2, 0) is 35.7 Å². The van der Waals surface area contributed by atoms with Crippen molar-refractivity contribution >= 4 is 34.8 Å². The molecule has 2 aromatic rings. The van der Waals surface area contributed by atoms with Gasteiger partial charge in [-0.05, 0) is 31.0 Å². The first-order valence-electron chi connectivity index (χ1n) is 15.5. The van der Waals surface area contributed by atoms with E-state index in [9.17, 15) is 49.6 Å². The van der Waals surface area contributed by atoms with Crippen molar-refractivity contribution < 1.29 is 73.3 Å². The predicted molar refractivity (Wildman–Crippen MR) is 169 cm³/mol. The number of nitrogens with zero attached hydrogens (tertiary/aromatic N) is 1. The lowest BCUT2D eigenvalue weighted by molar-refractivity contribution is -0.181. The molecule has 0 bridgehead atoms. The van der Waals surface area contributed by atoms with E-state index in [2.05, 4.69) is 10.5 Å². The number of carbonyl (C=O) groups excluding carboxylic acids is 5. The van der Waals surface area contributed by atoms with Crippen LogP contribution in [0.1, 0.15) is 75.4 Å². The summed E-state index contributed by atoms with van der Waals surface area (Å²) in [7, 11) is 4.59. The maximum atomic E-state index is 14.6. The molecule has 3 aliphatic carbocycles. The van der Waals surface area contributed by atoms with Crippen LogP contribution < -0.4 is 5.32 Å². The van der Waals surface area contributed by atoms with E-state index < -0.39 is 128 Å². The number of oxime groups is 1. The van der Waals surface area contributed by atoms with Crippen molar-refractivity contribution in [2.24, 2.45) is 5.16 Å². The number of rotatable bonds is 6. The van der Waals surface area contributed by atoms with Crippen molar-refractivity contribution in [1.82, 2.24) is 5.32 Å². The van der Waals surface area contributed by atoms with Crippen LogP contribution in [0.5, 0.6) is 11.5 Å². The number of aryl methyl sites for hydroxylation is 1. The van der Waals surface area contributed by atoms with Gasteiger partial charge in [-0.3, -0.25) is 19.2 Å². The molecule has 1 heterocycles. The molecule has 51 heavy (non-hydrogen) atoms. The van der Waals surface area contributed by atoms with Gasteiger partial charge in [0, 0.05) is 50.5 Å². The minimum absolute atomic E-state index is 0.0105. The SMILES string of the molecule is COC(=O)c1c(C)cc2c(c1O)[C@]1(O)C(=O)c3cc4c(c(O)c3C(=O)[C@]1(OC)[C@H](O)C2)C(=O)C=C(NC1OC(C)C(OC)C(=NO)C1OC)C4=O. The highest BCUT2D eigenvalue weighted by molar-refractivity contribution is 6.31. The second-order valence-corrected chi connectivity index (χ2v) is 12.5. The van der Waals surface area contributed by atoms with E-state index >= 15 is 0 Å². The minimum atomic E-state index is -3.24. The molecule has 4 unspecified atom stereocenters. The van der Waals surface area contributed by atoms with Gasteiger partial charge in [-0.2, -0.15) is 0 Å². The average molecular weight is 711 g/mol. The first-order valence-corrected chi connectivity index (χ1v) is 15.5. The smallest absolute Gasteiger partial charge is 0.341 e. The van der Waals surface area contributed by atoms with Gasteiger partial charge in [-0.25, -0.2) is 4.79 Å². The summed E-state index contributed by atoms with van der Waals surface area (Å²) in [4.78, 5) is 69.3. The number of methoxy groups -OCH3 is 4. The molecule has 0 amide bonds. The number of esters is 1. The summed E-state index contributed by atoms with van der Waals surface area (Å²) in [5.41, 5.74) is -10.2. The Labute approximate surface area is 289 Å². The van der Waals surface area contributed by atoms with E-state index in [1.165, 1.54) is 27.2 Å². The molecule has 2 aromatic carbocycles. The van der Waals surface area contributed by atoms with Gasteiger partial charge in [-0.1, -0.05) is 11.2 Å². The Balaban J connectivity index is 1.51. The highest BCUT2D eigenvalue weighted by Crippen LogP contribution is 2.56. The summed E-state index contributed by atoms with van der Waals surface area (Å²) >= 11 is 0. The number of phenols is 2. The number of ether oxygens (including phenoxy) is 5. The number of aromatic hydroxyl groups is 2. The Morgan fingerprint density at radius 1 is 0.980 bits per heavy atom. The van der Waals surface area contributed by atoms with Gasteiger partial charge >= 0.3 is 5.97 Å². The summed E-state index contributed by atoms with van der Waals surface area (Å²) in [5.74, 6) is -7.74. The van der Waals surface area contributed by atoms with Crippen molar-refractivity contribution in [2.75, 3.05) is 28.4 Å². The largest absolute Gasteiger partial charge is 0.507 e. The van der Waals surface area contributed by atoms with Gasteiger partial charge in [0.25, 0.3) is 0 Å². The van der Waals surface area contributed by atoms with E-state index in [1.54, 1.807) is 6.92 Å². The summed E-state index contributed by atoms with van der Waals surface area (Å²) in [6, 6.07) is 2.16. The number of hydrogen-bond acceptors (Lipinski definition) is 17. The number of aliphatic hydroxyl groups excluding tert-OH is 1. The van der Waals surface area contributed by atoms with Gasteiger partial charge in [0.1, 0.15) is 35.0 Å². The number of carbonyl (C=O) groups is 5. The van der Waals surface area contributed by atoms with Crippen LogP contribution in [0.3, 0.4) is 0 Å². The van der Waals surface area contributed by atoms with Gasteiger partial charge in [0.2, 0.25) is 17.3 Å². The van der Waals surface area contributed by atoms with Crippen molar-refractivity contribution in [3.8, 4) is 11.5 Å². The van der Waals surface area contributed by atoms with Crippen LogP contribution in [0, 0.1) is 6.92 Å². The lowest BCUT2D eigenvalue weighted by Gasteiger charge is -2.52. The molecule has 17 nitrogen and oxygen atoms in total. The number of phenolic OH excluding ortho intramolecular Hbond substituents is 2. The van der Waals surface area contributed by atoms with E-state index in [0.29, 0.717) is 0 Å². The van der Waals surface area contributed by atoms with Crippen molar-refractivity contribution in [2.45, 2.75) is 62.1 Å². The fraction of sp³-hybridized carbons (Fsp3) is 0.412. The maximum Gasteiger partial charge on any atom is 0.341 e. The van der Waals surface area contributed by atoms with E-state index in [4.69, 9.17) is 23.7 Å². The Bertz CT molecular complexity index is 2000. The number of Topliss-reactive ketones (excluding diaryl/α,β-unsaturated/α-hetero) is 3. The first-order chi connectivity index (χ1) is 24.1. The quantitative estimate of drug-likeness (QED) is 0.133. The molecule has 6 N–H and O–H groups in total. The molecule has 0 spiro atoms. The standard InChI is InChI=1S/C34H34N2O15/c1-11-7-13-8-18(38)34(50-6)30(43)21-15(29(42)33(34,45)22(13)26(41)19(11)32(44)49-5)9-14-20(25(21)40)17(37)10-16(24(14)39)35-31-28(48-4)23(36-46)27(47-3)12(2)51-31/h7,9-10,12,18,27-28,31,35,38,40-41,45-46H,8H2,1-6H3/t12?,18-,27?,28?,31?,33+,34-/m1/s1. The molecule has 0 aromatic heterocycles. The number of fused-ring (bicyclic) bond motifs is 5. The topological polar surface area (TPSA) is 257 Å². The second kappa shape index (κ2) is 12.3. The molecule has 270 valence electrons. The maximum absolute atomic E-state index is 14.6. The zero-order chi connectivity index (χ0) is 37.5. The molecule has 1 fully saturated rings. The van der Waals surface area contributed by atoms with Crippen molar-refractivity contribution in [1.29, 1.82) is 0 Å². The second-order valence-electron chi connectivity index (χ2n) is 12.5. The number of hydrogen-bond donors (Lipinski definition) is 6. The third-order valence-corrected chi connectivity index (χ3v) is 10.1. The predicted octanol–water partition coefficient (Wildman–Crippen LogP) is 0.219. The number of nitrogens with one attached hydrogen (secondary N) is 1. The summed E-state index contributed by atoms with van der Waals surface area (Å²) < 4.78 is 26.9. The molecular formula is C34H34N2O15. The lowest BCUT2D eigenvalue weighted by Crippen LogP contribution is -2.73. The van der Waals surface area contributed by atoms with E-state index in [1.807, 2.05) is 0 Å². The Kier molecular flexibility index (Phi) is 8.65. The molecule has 0 saturated carbocycles. The van der Waals surface area contributed by atoms with Crippen LogP contribution in [0.2, 0.25) is 0 Å². The van der Waals surface area contributed by atoms with Crippen LogP contribution in [-0.4, -0.2) is 125 Å². The third-order valence-electron chi connectivity index (χ3n) is 10.1. The number of benzene rings is 2. The van der Waals surface area contributed by atoms with Crippen LogP contribution in [0.4, 0.5) is 0 Å². The van der Waals surface area contributed by atoms with Gasteiger partial charge in [0.05, 0.1) is 36.1 Å². The molecule has 7 atom stereocenters. The Hall–Kier alpha value is -5.04. The van der Waals surface area contributed by atoms with Gasteiger partial charge < -0.3 is 54.6 Å². The number of aliphatic hydroxyl groups is 2. The molecular weight excluding hydrogens is 676 g/mol. The zero-order valence-electron chi connectivity index (χ0n) is 28.1. The highest BCUT2D eigenvalue weighted by atomic mass is 16.6. The lowest BCUT2D eigenvalue weighted by atomic mass is 9.56. The highest BCUT2D eigenvalue weighted by Gasteiger charge is 2.72. The molecule has 17 heteroatoms. The molecule has 1 aliphatic heterocycles. The first kappa shape index (κ1) is 35.8. The fourth-order valence-electron chi connectivity index (χ4n) is 7.82. The van der Waals surface area contributed by atoms with Crippen molar-refractivity contribution in [3.63, 3.8) is 0 Å². The Morgan fingerprint density at radius 2 is 1.65 bits per heavy atom. The average Bonchev–Trinajstić information content (AvgIpc) is 3.08. The summed E-state index contributed by atoms with van der Waals surface area (Å²) in [5, 5.41) is 62.5.